The number of aliphatic hydroxyl groups is 1. The third-order valence-corrected chi connectivity index (χ3v) is 4.74. The molecule has 0 saturated carbocycles. The van der Waals surface area contributed by atoms with Crippen molar-refractivity contribution in [2.24, 2.45) is 10.6 Å². The Hall–Kier alpha value is -2.46. The summed E-state index contributed by atoms with van der Waals surface area (Å²) in [4.78, 5) is 18.1. The highest BCUT2D eigenvalue weighted by Crippen LogP contribution is 2.41. The average Bonchev–Trinajstić information content (AvgIpc) is 3.07. The summed E-state index contributed by atoms with van der Waals surface area (Å²) in [7, 11) is 0. The van der Waals surface area contributed by atoms with Gasteiger partial charge < -0.3 is 9.94 Å². The molecule has 1 aliphatic rings. The Labute approximate surface area is 154 Å². The van der Waals surface area contributed by atoms with Gasteiger partial charge in [-0.15, -0.1) is 0 Å². The van der Waals surface area contributed by atoms with Gasteiger partial charge in [-0.2, -0.15) is 0 Å². The van der Waals surface area contributed by atoms with Gasteiger partial charge in [0.25, 0.3) is 0 Å². The first kappa shape index (κ1) is 18.3. The maximum absolute atomic E-state index is 12.4. The molecule has 0 bridgehead atoms. The molecule has 3 atom stereocenters. The van der Waals surface area contributed by atoms with Crippen LogP contribution in [0.25, 0.3) is 0 Å². The van der Waals surface area contributed by atoms with Crippen molar-refractivity contribution in [2.45, 2.75) is 45.3 Å². The lowest BCUT2D eigenvalue weighted by Crippen LogP contribution is -2.32. The zero-order valence-electron chi connectivity index (χ0n) is 15.4. The predicted molar refractivity (Wildman–Crippen MR) is 102 cm³/mol. The van der Waals surface area contributed by atoms with Gasteiger partial charge in [-0.25, -0.2) is 0 Å². The lowest BCUT2D eigenvalue weighted by atomic mass is 9.81. The number of ketones is 1. The maximum atomic E-state index is 12.4. The first-order chi connectivity index (χ1) is 12.4. The van der Waals surface area contributed by atoms with Crippen molar-refractivity contribution >= 4 is 11.5 Å². The van der Waals surface area contributed by atoms with Gasteiger partial charge in [-0.05, 0) is 11.1 Å². The SMILES string of the molecule is CC(C)(C)C(=O)C[C@H](O)C1=NO[C@H](c2ccccc2)[C@H]1c1ccccc1. The molecule has 136 valence electrons. The van der Waals surface area contributed by atoms with Crippen LogP contribution in [0, 0.1) is 5.41 Å². The van der Waals surface area contributed by atoms with Gasteiger partial charge in [0.15, 0.2) is 6.10 Å². The fourth-order valence-corrected chi connectivity index (χ4v) is 3.15. The van der Waals surface area contributed by atoms with Crippen molar-refractivity contribution in [2.75, 3.05) is 0 Å². The molecule has 1 N–H and O–H groups in total. The van der Waals surface area contributed by atoms with Crippen LogP contribution in [0.3, 0.4) is 0 Å². The number of benzene rings is 2. The molecular formula is C22H25NO3. The molecule has 3 rings (SSSR count). The van der Waals surface area contributed by atoms with E-state index in [1.807, 2.05) is 81.4 Å². The normalized spacial score (nSPS) is 21.0. The standard InChI is InChI=1S/C22H25NO3/c1-22(2,3)18(25)14-17(24)20-19(15-10-6-4-7-11-15)21(26-23-20)16-12-8-5-9-13-16/h4-13,17,19,21,24H,14H2,1-3H3/t17-,19-,21+/m0/s1. The molecule has 0 aliphatic carbocycles. The van der Waals surface area contributed by atoms with Gasteiger partial charge in [0.05, 0.1) is 11.6 Å². The number of oxime groups is 1. The van der Waals surface area contributed by atoms with Gasteiger partial charge in [0, 0.05) is 11.8 Å². The number of Topliss-reactive ketones (excluding diaryl/α,β-unsaturated/α-hetero) is 1. The second kappa shape index (κ2) is 7.42. The fraction of sp³-hybridized carbons (Fsp3) is 0.364. The van der Waals surface area contributed by atoms with E-state index in [1.165, 1.54) is 0 Å². The molecule has 1 heterocycles. The van der Waals surface area contributed by atoms with Gasteiger partial charge in [0.2, 0.25) is 0 Å². The van der Waals surface area contributed by atoms with E-state index < -0.39 is 11.5 Å². The molecule has 0 fully saturated rings. The molecule has 0 unspecified atom stereocenters. The molecule has 26 heavy (non-hydrogen) atoms. The molecule has 0 spiro atoms. The highest BCUT2D eigenvalue weighted by molar-refractivity contribution is 5.99. The Morgan fingerprint density at radius 1 is 1.04 bits per heavy atom. The number of aliphatic hydroxyl groups excluding tert-OH is 1. The van der Waals surface area contributed by atoms with Crippen molar-refractivity contribution in [3.8, 4) is 0 Å². The Kier molecular flexibility index (Phi) is 5.23. The minimum atomic E-state index is -0.958. The minimum Gasteiger partial charge on any atom is -0.387 e. The number of carbonyl (C=O) groups excluding carboxylic acids is 1. The minimum absolute atomic E-state index is 0.00247. The summed E-state index contributed by atoms with van der Waals surface area (Å²) in [6.45, 7) is 5.57. The van der Waals surface area contributed by atoms with Crippen LogP contribution < -0.4 is 0 Å². The van der Waals surface area contributed by atoms with E-state index in [0.29, 0.717) is 5.71 Å². The molecule has 4 nitrogen and oxygen atoms in total. The lowest BCUT2D eigenvalue weighted by molar-refractivity contribution is -0.127. The summed E-state index contributed by atoms with van der Waals surface area (Å²) >= 11 is 0. The largest absolute Gasteiger partial charge is 0.387 e. The summed E-state index contributed by atoms with van der Waals surface area (Å²) < 4.78 is 0. The Morgan fingerprint density at radius 2 is 1.58 bits per heavy atom. The molecule has 4 heteroatoms. The van der Waals surface area contributed by atoms with E-state index in [4.69, 9.17) is 4.84 Å². The summed E-state index contributed by atoms with van der Waals surface area (Å²) in [6, 6.07) is 19.7. The van der Waals surface area contributed by atoms with E-state index in [2.05, 4.69) is 5.16 Å². The molecule has 0 aromatic heterocycles. The predicted octanol–water partition coefficient (Wildman–Crippen LogP) is 4.26. The van der Waals surface area contributed by atoms with E-state index in [-0.39, 0.29) is 24.2 Å². The zero-order chi connectivity index (χ0) is 18.7. The fourth-order valence-electron chi connectivity index (χ4n) is 3.15. The van der Waals surface area contributed by atoms with Gasteiger partial charge in [-0.3, -0.25) is 4.79 Å². The van der Waals surface area contributed by atoms with Gasteiger partial charge in [-0.1, -0.05) is 86.6 Å². The van der Waals surface area contributed by atoms with Crippen LogP contribution in [0.4, 0.5) is 0 Å². The maximum Gasteiger partial charge on any atom is 0.164 e. The van der Waals surface area contributed by atoms with E-state index >= 15 is 0 Å². The number of carbonyl (C=O) groups is 1. The molecule has 0 radical (unpaired) electrons. The van der Waals surface area contributed by atoms with Crippen molar-refractivity contribution in [3.63, 3.8) is 0 Å². The lowest BCUT2D eigenvalue weighted by Gasteiger charge is -2.23. The van der Waals surface area contributed by atoms with Crippen LogP contribution in [0.2, 0.25) is 0 Å². The van der Waals surface area contributed by atoms with E-state index in [0.717, 1.165) is 11.1 Å². The van der Waals surface area contributed by atoms with Crippen LogP contribution >= 0.6 is 0 Å². The van der Waals surface area contributed by atoms with E-state index in [9.17, 15) is 9.90 Å². The topological polar surface area (TPSA) is 58.9 Å². The van der Waals surface area contributed by atoms with Crippen molar-refractivity contribution in [3.05, 3.63) is 71.8 Å². The van der Waals surface area contributed by atoms with Crippen molar-refractivity contribution < 1.29 is 14.7 Å². The van der Waals surface area contributed by atoms with Crippen LogP contribution in [-0.2, 0) is 9.63 Å². The summed E-state index contributed by atoms with van der Waals surface area (Å²) in [6.07, 6.45) is -1.23. The first-order valence-corrected chi connectivity index (χ1v) is 8.93. The van der Waals surface area contributed by atoms with Crippen LogP contribution in [0.1, 0.15) is 50.3 Å². The smallest absolute Gasteiger partial charge is 0.164 e. The average molecular weight is 351 g/mol. The van der Waals surface area contributed by atoms with Crippen LogP contribution in [0.15, 0.2) is 65.8 Å². The third kappa shape index (κ3) is 3.86. The Bertz CT molecular complexity index is 778. The highest BCUT2D eigenvalue weighted by Gasteiger charge is 2.40. The Morgan fingerprint density at radius 3 is 2.12 bits per heavy atom. The molecule has 2 aromatic carbocycles. The summed E-state index contributed by atoms with van der Waals surface area (Å²) in [5.74, 6) is -0.218. The molecule has 0 saturated heterocycles. The van der Waals surface area contributed by atoms with Crippen molar-refractivity contribution in [1.82, 2.24) is 0 Å². The second-order valence-electron chi connectivity index (χ2n) is 7.73. The Balaban J connectivity index is 1.90. The number of rotatable bonds is 5. The zero-order valence-corrected chi connectivity index (χ0v) is 15.4. The van der Waals surface area contributed by atoms with Crippen molar-refractivity contribution in [1.29, 1.82) is 0 Å². The quantitative estimate of drug-likeness (QED) is 0.875. The molecule has 1 aliphatic heterocycles. The van der Waals surface area contributed by atoms with Gasteiger partial charge >= 0.3 is 0 Å². The third-order valence-electron chi connectivity index (χ3n) is 4.74. The number of hydrogen-bond acceptors (Lipinski definition) is 4. The summed E-state index contributed by atoms with van der Waals surface area (Å²) in [5.41, 5.74) is 2.03. The second-order valence-corrected chi connectivity index (χ2v) is 7.73. The molecule has 0 amide bonds. The van der Waals surface area contributed by atoms with Crippen LogP contribution in [0.5, 0.6) is 0 Å². The highest BCUT2D eigenvalue weighted by atomic mass is 16.6. The summed E-state index contributed by atoms with van der Waals surface area (Å²) in [5, 5.41) is 14.9. The molecular weight excluding hydrogens is 326 g/mol. The van der Waals surface area contributed by atoms with E-state index in [1.54, 1.807) is 0 Å². The molecule has 2 aromatic rings. The monoisotopic (exact) mass is 351 g/mol. The van der Waals surface area contributed by atoms with Crippen LogP contribution in [-0.4, -0.2) is 22.7 Å². The number of hydrogen-bond donors (Lipinski definition) is 1. The van der Waals surface area contributed by atoms with Gasteiger partial charge in [0.1, 0.15) is 11.9 Å². The number of nitrogens with zero attached hydrogens (tertiary/aromatic N) is 1. The first-order valence-electron chi connectivity index (χ1n) is 8.93.